The van der Waals surface area contributed by atoms with E-state index in [0.29, 0.717) is 0 Å². The number of pyridine rings is 1. The average molecular weight is 197 g/mol. The minimum absolute atomic E-state index is 0.203. The molecule has 1 aromatic heterocycles. The third-order valence-electron chi connectivity index (χ3n) is 1.54. The zero-order valence-electron chi connectivity index (χ0n) is 6.87. The van der Waals surface area contributed by atoms with E-state index in [9.17, 15) is 13.6 Å². The Morgan fingerprint density at radius 3 is 2.71 bits per heavy atom. The van der Waals surface area contributed by atoms with E-state index in [4.69, 9.17) is 11.0 Å². The van der Waals surface area contributed by atoms with Gasteiger partial charge in [0.2, 0.25) is 0 Å². The van der Waals surface area contributed by atoms with E-state index in [1.807, 2.05) is 0 Å². The lowest BCUT2D eigenvalue weighted by atomic mass is 10.1. The molecule has 0 saturated heterocycles. The minimum atomic E-state index is -2.79. The van der Waals surface area contributed by atoms with E-state index < -0.39 is 17.9 Å². The Bertz CT molecular complexity index is 412. The topological polar surface area (TPSA) is 79.8 Å². The summed E-state index contributed by atoms with van der Waals surface area (Å²) in [4.78, 5) is 14.0. The zero-order chi connectivity index (χ0) is 10.7. The molecule has 2 N–H and O–H groups in total. The van der Waals surface area contributed by atoms with Gasteiger partial charge in [0.05, 0.1) is 17.2 Å². The molecule has 0 atom stereocenters. The second kappa shape index (κ2) is 3.79. The molecule has 0 radical (unpaired) electrons. The van der Waals surface area contributed by atoms with Gasteiger partial charge in [0.25, 0.3) is 12.3 Å². The lowest BCUT2D eigenvalue weighted by Crippen LogP contribution is -2.13. The van der Waals surface area contributed by atoms with Crippen molar-refractivity contribution in [2.75, 3.05) is 0 Å². The maximum atomic E-state index is 12.2. The van der Waals surface area contributed by atoms with E-state index in [0.717, 1.165) is 12.3 Å². The first-order valence-electron chi connectivity index (χ1n) is 3.54. The van der Waals surface area contributed by atoms with Crippen LogP contribution in [0, 0.1) is 11.3 Å². The summed E-state index contributed by atoms with van der Waals surface area (Å²) >= 11 is 0. The molecule has 0 bridgehead atoms. The average Bonchev–Trinajstić information content (AvgIpc) is 2.16. The number of aromatic nitrogens is 1. The Labute approximate surface area is 78.0 Å². The van der Waals surface area contributed by atoms with Gasteiger partial charge in [-0.3, -0.25) is 9.78 Å². The first-order chi connectivity index (χ1) is 6.56. The van der Waals surface area contributed by atoms with Gasteiger partial charge in [0.1, 0.15) is 5.69 Å². The van der Waals surface area contributed by atoms with Gasteiger partial charge in [-0.25, -0.2) is 8.78 Å². The number of halogens is 2. The molecule has 0 aliphatic carbocycles. The fourth-order valence-electron chi connectivity index (χ4n) is 0.871. The van der Waals surface area contributed by atoms with Crippen LogP contribution < -0.4 is 5.73 Å². The molecule has 4 nitrogen and oxygen atoms in total. The fraction of sp³-hybridized carbons (Fsp3) is 0.125. The lowest BCUT2D eigenvalue weighted by Gasteiger charge is -2.02. The lowest BCUT2D eigenvalue weighted by molar-refractivity contribution is 0.0994. The second-order valence-corrected chi connectivity index (χ2v) is 2.43. The Morgan fingerprint density at radius 1 is 1.64 bits per heavy atom. The maximum Gasteiger partial charge on any atom is 0.267 e. The van der Waals surface area contributed by atoms with Crippen molar-refractivity contribution in [2.45, 2.75) is 6.43 Å². The highest BCUT2D eigenvalue weighted by molar-refractivity contribution is 5.91. The first kappa shape index (κ1) is 10.1. The Morgan fingerprint density at radius 2 is 2.29 bits per heavy atom. The number of carbonyl (C=O) groups excluding carboxylic acids is 1. The first-order valence-corrected chi connectivity index (χ1v) is 3.54. The molecule has 6 heteroatoms. The maximum absolute atomic E-state index is 12.2. The van der Waals surface area contributed by atoms with Crippen LogP contribution in [0.4, 0.5) is 8.78 Å². The van der Waals surface area contributed by atoms with Gasteiger partial charge in [0.15, 0.2) is 0 Å². The van der Waals surface area contributed by atoms with E-state index >= 15 is 0 Å². The zero-order valence-corrected chi connectivity index (χ0v) is 6.87. The third-order valence-corrected chi connectivity index (χ3v) is 1.54. The Kier molecular flexibility index (Phi) is 2.72. The molecule has 14 heavy (non-hydrogen) atoms. The summed E-state index contributed by atoms with van der Waals surface area (Å²) in [6.45, 7) is 0. The molecule has 72 valence electrons. The van der Waals surface area contributed by atoms with Crippen molar-refractivity contribution in [2.24, 2.45) is 5.73 Å². The van der Waals surface area contributed by atoms with Crippen LogP contribution in [0.15, 0.2) is 12.3 Å². The normalized spacial score (nSPS) is 9.86. The van der Waals surface area contributed by atoms with Gasteiger partial charge in [-0.05, 0) is 6.07 Å². The molecule has 1 amide bonds. The number of amides is 1. The molecule has 1 heterocycles. The van der Waals surface area contributed by atoms with E-state index in [1.165, 1.54) is 0 Å². The Balaban J connectivity index is 3.27. The number of primary amides is 1. The van der Waals surface area contributed by atoms with Crippen LogP contribution in [0.3, 0.4) is 0 Å². The molecule has 0 aliphatic rings. The number of carbonyl (C=O) groups is 1. The number of nitrogens with zero attached hydrogens (tertiary/aromatic N) is 2. The van der Waals surface area contributed by atoms with E-state index in [1.54, 1.807) is 6.07 Å². The van der Waals surface area contributed by atoms with Crippen LogP contribution >= 0.6 is 0 Å². The molecule has 0 unspecified atom stereocenters. The number of hydrogen-bond acceptors (Lipinski definition) is 3. The monoisotopic (exact) mass is 197 g/mol. The van der Waals surface area contributed by atoms with Crippen LogP contribution in [-0.2, 0) is 0 Å². The number of hydrogen-bond donors (Lipinski definition) is 1. The number of nitrogens with two attached hydrogens (primary N) is 1. The molecular formula is C8H5F2N3O. The van der Waals surface area contributed by atoms with E-state index in [-0.39, 0.29) is 11.3 Å². The SMILES string of the molecule is N#Cc1cc(C(N)=O)ncc1C(F)F. The van der Waals surface area contributed by atoms with Crippen molar-refractivity contribution in [3.8, 4) is 6.07 Å². The summed E-state index contributed by atoms with van der Waals surface area (Å²) in [7, 11) is 0. The summed E-state index contributed by atoms with van der Waals surface area (Å²) in [5.41, 5.74) is 3.87. The van der Waals surface area contributed by atoms with Crippen molar-refractivity contribution >= 4 is 5.91 Å². The van der Waals surface area contributed by atoms with Crippen LogP contribution in [0.2, 0.25) is 0 Å². The standard InChI is InChI=1S/C8H5F2N3O/c9-7(10)5-3-13-6(8(12)14)1-4(5)2-11/h1,3,7H,(H2,12,14). The Hall–Kier alpha value is -2.03. The molecular weight excluding hydrogens is 192 g/mol. The highest BCUT2D eigenvalue weighted by atomic mass is 19.3. The van der Waals surface area contributed by atoms with Crippen LogP contribution in [-0.4, -0.2) is 10.9 Å². The summed E-state index contributed by atoms with van der Waals surface area (Å²) < 4.78 is 24.5. The molecule has 0 spiro atoms. The van der Waals surface area contributed by atoms with Crippen LogP contribution in [0.1, 0.15) is 28.0 Å². The summed E-state index contributed by atoms with van der Waals surface area (Å²) in [6.07, 6.45) is -2.01. The van der Waals surface area contributed by atoms with Gasteiger partial charge >= 0.3 is 0 Å². The molecule has 1 rings (SSSR count). The predicted octanol–water partition coefficient (Wildman–Crippen LogP) is 0.990. The molecule has 0 saturated carbocycles. The summed E-state index contributed by atoms with van der Waals surface area (Å²) in [6, 6.07) is 2.49. The molecule has 0 aromatic carbocycles. The highest BCUT2D eigenvalue weighted by Gasteiger charge is 2.15. The van der Waals surface area contributed by atoms with Crippen LogP contribution in [0.25, 0.3) is 0 Å². The smallest absolute Gasteiger partial charge is 0.267 e. The van der Waals surface area contributed by atoms with Crippen molar-refractivity contribution in [3.05, 3.63) is 29.1 Å². The second-order valence-electron chi connectivity index (χ2n) is 2.43. The van der Waals surface area contributed by atoms with Gasteiger partial charge < -0.3 is 5.73 Å². The number of alkyl halides is 2. The van der Waals surface area contributed by atoms with Gasteiger partial charge in [-0.2, -0.15) is 5.26 Å². The molecule has 1 aromatic rings. The van der Waals surface area contributed by atoms with Crippen molar-refractivity contribution in [1.29, 1.82) is 5.26 Å². The van der Waals surface area contributed by atoms with Gasteiger partial charge in [-0.15, -0.1) is 0 Å². The molecule has 0 fully saturated rings. The number of nitriles is 1. The number of rotatable bonds is 2. The largest absolute Gasteiger partial charge is 0.364 e. The minimum Gasteiger partial charge on any atom is -0.364 e. The fourth-order valence-corrected chi connectivity index (χ4v) is 0.871. The third kappa shape index (κ3) is 1.82. The quantitative estimate of drug-likeness (QED) is 0.767. The van der Waals surface area contributed by atoms with E-state index in [2.05, 4.69) is 4.98 Å². The van der Waals surface area contributed by atoms with Gasteiger partial charge in [-0.1, -0.05) is 0 Å². The summed E-state index contributed by atoms with van der Waals surface area (Å²) in [5, 5.41) is 8.51. The van der Waals surface area contributed by atoms with Gasteiger partial charge in [0, 0.05) is 6.20 Å². The predicted molar refractivity (Wildman–Crippen MR) is 42.4 cm³/mol. The highest BCUT2D eigenvalue weighted by Crippen LogP contribution is 2.21. The summed E-state index contributed by atoms with van der Waals surface area (Å²) in [5.74, 6) is -0.859. The molecule has 0 aliphatic heterocycles. The van der Waals surface area contributed by atoms with Crippen molar-refractivity contribution in [3.63, 3.8) is 0 Å². The van der Waals surface area contributed by atoms with Crippen LogP contribution in [0.5, 0.6) is 0 Å². The van der Waals surface area contributed by atoms with Crippen molar-refractivity contribution < 1.29 is 13.6 Å². The van der Waals surface area contributed by atoms with Crippen molar-refractivity contribution in [1.82, 2.24) is 4.98 Å².